The molecule has 0 saturated carbocycles. The maximum atomic E-state index is 13.5. The summed E-state index contributed by atoms with van der Waals surface area (Å²) in [7, 11) is 0. The van der Waals surface area contributed by atoms with Gasteiger partial charge in [-0.15, -0.1) is 0 Å². The second-order valence-electron chi connectivity index (χ2n) is 8.59. The van der Waals surface area contributed by atoms with E-state index < -0.39 is 23.5 Å². The Kier molecular flexibility index (Phi) is 6.45. The van der Waals surface area contributed by atoms with Crippen LogP contribution >= 0.6 is 0 Å². The van der Waals surface area contributed by atoms with Crippen LogP contribution in [0.2, 0.25) is 0 Å². The van der Waals surface area contributed by atoms with Gasteiger partial charge < -0.3 is 9.84 Å². The van der Waals surface area contributed by atoms with Crippen LogP contribution in [-0.4, -0.2) is 28.4 Å². The van der Waals surface area contributed by atoms with Crippen LogP contribution in [0.15, 0.2) is 72.4 Å². The Morgan fingerprint density at radius 3 is 2.47 bits per heavy atom. The maximum Gasteiger partial charge on any atom is 0.300 e. The van der Waals surface area contributed by atoms with E-state index in [2.05, 4.69) is 4.98 Å². The number of halogens is 1. The fourth-order valence-electron chi connectivity index (χ4n) is 3.89. The van der Waals surface area contributed by atoms with E-state index in [1.807, 2.05) is 20.8 Å². The summed E-state index contributed by atoms with van der Waals surface area (Å²) in [6.45, 7) is 6.50. The number of aliphatic hydroxyl groups excluding tert-OH is 1. The van der Waals surface area contributed by atoms with E-state index in [1.165, 1.54) is 29.2 Å². The first kappa shape index (κ1) is 23.2. The van der Waals surface area contributed by atoms with E-state index in [9.17, 15) is 19.1 Å². The molecule has 174 valence electrons. The van der Waals surface area contributed by atoms with Crippen molar-refractivity contribution in [2.45, 2.75) is 26.8 Å². The summed E-state index contributed by atoms with van der Waals surface area (Å²) in [6.07, 6.45) is 1.55. The summed E-state index contributed by atoms with van der Waals surface area (Å²) in [5.41, 5.74) is 1.82. The molecule has 1 aliphatic heterocycles. The number of aromatic nitrogens is 1. The number of aliphatic hydroxyl groups is 1. The molecule has 1 aliphatic rings. The van der Waals surface area contributed by atoms with Crippen molar-refractivity contribution in [3.63, 3.8) is 0 Å². The van der Waals surface area contributed by atoms with Crippen molar-refractivity contribution in [1.29, 1.82) is 0 Å². The second-order valence-corrected chi connectivity index (χ2v) is 8.59. The Hall–Kier alpha value is -4.00. The van der Waals surface area contributed by atoms with Crippen LogP contribution in [-0.2, 0) is 9.59 Å². The van der Waals surface area contributed by atoms with Gasteiger partial charge in [0.25, 0.3) is 11.7 Å². The lowest BCUT2D eigenvalue weighted by Gasteiger charge is -2.24. The number of anilines is 1. The van der Waals surface area contributed by atoms with Crippen molar-refractivity contribution < 1.29 is 23.8 Å². The lowest BCUT2D eigenvalue weighted by Crippen LogP contribution is -2.29. The number of nitrogens with zero attached hydrogens (tertiary/aromatic N) is 2. The predicted octanol–water partition coefficient (Wildman–Crippen LogP) is 5.19. The van der Waals surface area contributed by atoms with Gasteiger partial charge in [0.05, 0.1) is 17.9 Å². The summed E-state index contributed by atoms with van der Waals surface area (Å²) in [5.74, 6) is -1.40. The Labute approximate surface area is 197 Å². The van der Waals surface area contributed by atoms with Crippen molar-refractivity contribution in [2.24, 2.45) is 5.92 Å². The van der Waals surface area contributed by atoms with Gasteiger partial charge in [-0.25, -0.2) is 4.39 Å². The SMILES string of the molecule is Cc1cc(/C(O)=C2/C(=O)C(=O)N(c3ccc(F)cc3)C2c2ccccn2)ccc1OCC(C)C. The number of benzene rings is 2. The number of pyridine rings is 1. The highest BCUT2D eigenvalue weighted by atomic mass is 19.1. The van der Waals surface area contributed by atoms with Crippen molar-refractivity contribution in [2.75, 3.05) is 11.5 Å². The second kappa shape index (κ2) is 9.47. The molecule has 7 heteroatoms. The lowest BCUT2D eigenvalue weighted by atomic mass is 9.97. The lowest BCUT2D eigenvalue weighted by molar-refractivity contribution is -0.132. The summed E-state index contributed by atoms with van der Waals surface area (Å²) in [5, 5.41) is 11.2. The summed E-state index contributed by atoms with van der Waals surface area (Å²) in [6, 6.07) is 14.5. The highest BCUT2D eigenvalue weighted by Crippen LogP contribution is 2.41. The number of ketones is 1. The molecule has 1 N–H and O–H groups in total. The van der Waals surface area contributed by atoms with Crippen molar-refractivity contribution in [1.82, 2.24) is 4.98 Å². The van der Waals surface area contributed by atoms with Crippen molar-refractivity contribution >= 4 is 23.1 Å². The molecule has 2 heterocycles. The van der Waals surface area contributed by atoms with Crippen LogP contribution in [0.1, 0.15) is 36.7 Å². The fraction of sp³-hybridized carbons (Fsp3) is 0.222. The van der Waals surface area contributed by atoms with E-state index in [4.69, 9.17) is 4.74 Å². The third-order valence-corrected chi connectivity index (χ3v) is 5.54. The summed E-state index contributed by atoms with van der Waals surface area (Å²) >= 11 is 0. The molecule has 1 unspecified atom stereocenters. The first-order valence-electron chi connectivity index (χ1n) is 11.0. The molecule has 1 fully saturated rings. The third kappa shape index (κ3) is 4.41. The number of rotatable bonds is 6. The molecule has 6 nitrogen and oxygen atoms in total. The molecule has 3 aromatic rings. The summed E-state index contributed by atoms with van der Waals surface area (Å²) < 4.78 is 19.3. The monoisotopic (exact) mass is 460 g/mol. The van der Waals surface area contributed by atoms with Gasteiger partial charge in [-0.05, 0) is 73.0 Å². The van der Waals surface area contributed by atoms with Crippen LogP contribution in [0, 0.1) is 18.7 Å². The minimum atomic E-state index is -0.969. The Morgan fingerprint density at radius 1 is 1.12 bits per heavy atom. The summed E-state index contributed by atoms with van der Waals surface area (Å²) in [4.78, 5) is 31.8. The first-order valence-corrected chi connectivity index (χ1v) is 11.0. The Bertz CT molecular complexity index is 1250. The molecule has 1 aromatic heterocycles. The first-order chi connectivity index (χ1) is 16.3. The van der Waals surface area contributed by atoms with Gasteiger partial charge in [0, 0.05) is 17.4 Å². The van der Waals surface area contributed by atoms with Gasteiger partial charge in [-0.2, -0.15) is 0 Å². The molecule has 0 spiro atoms. The number of ether oxygens (including phenoxy) is 1. The molecule has 4 rings (SSSR count). The average Bonchev–Trinajstić information content (AvgIpc) is 3.09. The molecule has 1 saturated heterocycles. The minimum Gasteiger partial charge on any atom is -0.507 e. The molecular weight excluding hydrogens is 435 g/mol. The van der Waals surface area contributed by atoms with Gasteiger partial charge in [-0.3, -0.25) is 19.5 Å². The molecule has 0 radical (unpaired) electrons. The average molecular weight is 461 g/mol. The highest BCUT2D eigenvalue weighted by molar-refractivity contribution is 6.51. The van der Waals surface area contributed by atoms with Crippen LogP contribution in [0.25, 0.3) is 5.76 Å². The van der Waals surface area contributed by atoms with Crippen molar-refractivity contribution in [3.8, 4) is 5.75 Å². The largest absolute Gasteiger partial charge is 0.507 e. The van der Waals surface area contributed by atoms with Gasteiger partial charge in [0.2, 0.25) is 0 Å². The number of hydrogen-bond donors (Lipinski definition) is 1. The zero-order valence-electron chi connectivity index (χ0n) is 19.2. The van der Waals surface area contributed by atoms with Crippen LogP contribution < -0.4 is 9.64 Å². The van der Waals surface area contributed by atoms with E-state index >= 15 is 0 Å². The Balaban J connectivity index is 1.83. The number of aryl methyl sites for hydroxylation is 1. The Morgan fingerprint density at radius 2 is 1.85 bits per heavy atom. The maximum absolute atomic E-state index is 13.5. The molecular formula is C27H25FN2O4. The van der Waals surface area contributed by atoms with E-state index in [1.54, 1.807) is 42.6 Å². The van der Waals surface area contributed by atoms with E-state index in [0.29, 0.717) is 35.2 Å². The topological polar surface area (TPSA) is 79.7 Å². The van der Waals surface area contributed by atoms with Gasteiger partial charge >= 0.3 is 0 Å². The third-order valence-electron chi connectivity index (χ3n) is 5.54. The molecule has 34 heavy (non-hydrogen) atoms. The van der Waals surface area contributed by atoms with Crippen LogP contribution in [0.5, 0.6) is 5.75 Å². The predicted molar refractivity (Wildman–Crippen MR) is 127 cm³/mol. The molecule has 1 amide bonds. The van der Waals surface area contributed by atoms with Gasteiger partial charge in [0.1, 0.15) is 23.4 Å². The molecule has 0 bridgehead atoms. The quantitative estimate of drug-likeness (QED) is 0.311. The van der Waals surface area contributed by atoms with Crippen molar-refractivity contribution in [3.05, 3.63) is 95.1 Å². The molecule has 1 atom stereocenters. The van der Waals surface area contributed by atoms with Gasteiger partial charge in [0.15, 0.2) is 0 Å². The van der Waals surface area contributed by atoms with E-state index in [-0.39, 0.29) is 11.3 Å². The molecule has 2 aromatic carbocycles. The fourth-order valence-corrected chi connectivity index (χ4v) is 3.89. The van der Waals surface area contributed by atoms with Crippen LogP contribution in [0.4, 0.5) is 10.1 Å². The highest BCUT2D eigenvalue weighted by Gasteiger charge is 2.47. The molecule has 0 aliphatic carbocycles. The number of Topliss-reactive ketones (excluding diaryl/α,β-unsaturated/α-hetero) is 1. The van der Waals surface area contributed by atoms with Crippen LogP contribution in [0.3, 0.4) is 0 Å². The normalized spacial score (nSPS) is 17.4. The number of amides is 1. The number of carbonyl (C=O) groups is 2. The minimum absolute atomic E-state index is 0.0803. The zero-order chi connectivity index (χ0) is 24.4. The van der Waals surface area contributed by atoms with E-state index in [0.717, 1.165) is 5.56 Å². The standard InChI is InChI=1S/C27H25FN2O4/c1-16(2)15-34-22-12-7-18(14-17(22)3)25(31)23-24(21-6-4-5-13-29-21)30(27(33)26(23)32)20-10-8-19(28)9-11-20/h4-14,16,24,31H,15H2,1-3H3/b25-23-. The zero-order valence-corrected chi connectivity index (χ0v) is 19.2. The number of carbonyl (C=O) groups excluding carboxylic acids is 2. The smallest absolute Gasteiger partial charge is 0.300 e. The van der Waals surface area contributed by atoms with Gasteiger partial charge in [-0.1, -0.05) is 19.9 Å². The number of hydrogen-bond acceptors (Lipinski definition) is 5.